The third kappa shape index (κ3) is 4.54. The number of ether oxygens (including phenoxy) is 1. The molecule has 0 amide bonds. The second-order valence-corrected chi connectivity index (χ2v) is 19.0. The maximum absolute atomic E-state index is 13.8. The van der Waals surface area contributed by atoms with Crippen molar-refractivity contribution < 1.29 is 4.74 Å². The smallest absolute Gasteiger partial charge is 0.291 e. The molecule has 41 heavy (non-hydrogen) atoms. The molecule has 0 atom stereocenters. The predicted molar refractivity (Wildman–Crippen MR) is 168 cm³/mol. The molecule has 6 aromatic rings. The third-order valence-corrected chi connectivity index (χ3v) is 11.3. The fourth-order valence-electron chi connectivity index (χ4n) is 5.71. The van der Waals surface area contributed by atoms with E-state index >= 15 is 0 Å². The molecule has 0 bridgehead atoms. The van der Waals surface area contributed by atoms with Gasteiger partial charge in [0.15, 0.2) is 5.65 Å². The summed E-state index contributed by atoms with van der Waals surface area (Å²) >= 11 is 1.70. The minimum atomic E-state index is -1.14. The van der Waals surface area contributed by atoms with Gasteiger partial charge in [0.1, 0.15) is 17.3 Å². The summed E-state index contributed by atoms with van der Waals surface area (Å²) in [6.45, 7) is 8.57. The maximum atomic E-state index is 13.8. The highest BCUT2D eigenvalue weighted by Crippen LogP contribution is 2.55. The molecule has 0 aliphatic heterocycles. The van der Waals surface area contributed by atoms with Gasteiger partial charge in [0.25, 0.3) is 5.56 Å². The van der Waals surface area contributed by atoms with Crippen molar-refractivity contribution in [2.24, 2.45) is 7.05 Å². The van der Waals surface area contributed by atoms with Crippen LogP contribution in [0.3, 0.4) is 0 Å². The van der Waals surface area contributed by atoms with Crippen molar-refractivity contribution in [2.45, 2.75) is 57.2 Å². The quantitative estimate of drug-likeness (QED) is 0.151. The van der Waals surface area contributed by atoms with E-state index in [1.165, 1.54) is 5.56 Å². The van der Waals surface area contributed by atoms with E-state index in [-0.39, 0.29) is 11.0 Å². The Hall–Kier alpha value is -3.60. The highest BCUT2D eigenvalue weighted by molar-refractivity contribution is 7.19. The lowest BCUT2D eigenvalue weighted by molar-refractivity contribution is 0.0817. The Kier molecular flexibility index (Phi) is 6.25. The second kappa shape index (κ2) is 9.75. The minimum absolute atomic E-state index is 0.00215. The molecule has 0 radical (unpaired) electrons. The zero-order valence-electron chi connectivity index (χ0n) is 23.9. The molecule has 1 saturated carbocycles. The fraction of sp³-hybridized carbons (Fsp3) is 0.355. The summed E-state index contributed by atoms with van der Waals surface area (Å²) in [6.07, 6.45) is 5.90. The van der Waals surface area contributed by atoms with E-state index in [0.29, 0.717) is 18.8 Å². The lowest BCUT2D eigenvalue weighted by Gasteiger charge is -2.15. The number of nitrogens with zero attached hydrogens (tertiary/aromatic N) is 6. The first-order valence-electron chi connectivity index (χ1n) is 14.2. The topological polar surface area (TPSA) is 79.8 Å². The van der Waals surface area contributed by atoms with E-state index in [1.807, 2.05) is 46.9 Å². The molecule has 1 aliphatic rings. The summed E-state index contributed by atoms with van der Waals surface area (Å²) in [5.41, 5.74) is 4.70. The van der Waals surface area contributed by atoms with E-state index < -0.39 is 8.07 Å². The van der Waals surface area contributed by atoms with Gasteiger partial charge in [-0.1, -0.05) is 62.1 Å². The Balaban J connectivity index is 1.19. The van der Waals surface area contributed by atoms with Crippen LogP contribution in [0.15, 0.2) is 65.7 Å². The van der Waals surface area contributed by atoms with Crippen LogP contribution < -0.4 is 5.56 Å². The summed E-state index contributed by atoms with van der Waals surface area (Å²) in [6, 6.07) is 17.9. The minimum Gasteiger partial charge on any atom is -0.360 e. The number of rotatable bonds is 9. The van der Waals surface area contributed by atoms with Crippen molar-refractivity contribution in [1.82, 2.24) is 29.1 Å². The van der Waals surface area contributed by atoms with Gasteiger partial charge >= 0.3 is 0 Å². The first-order valence-corrected chi connectivity index (χ1v) is 18.7. The molecule has 210 valence electrons. The van der Waals surface area contributed by atoms with Crippen LogP contribution in [-0.4, -0.2) is 43.8 Å². The van der Waals surface area contributed by atoms with Gasteiger partial charge in [-0.2, -0.15) is 10.2 Å². The molecule has 0 unspecified atom stereocenters. The molecule has 0 spiro atoms. The standard InChI is InChI=1S/C31H34N6O2SSi/c1-35-26-24(27-28(35)34-30(40-27)31(13-14-31)22-10-6-5-7-11-22)18-32-36(29(26)38)19-21-9-8-12-25-23(21)17-33-37(25)20-39-15-16-41(2,3)4/h5-12,17-18H,13-16,19-20H2,1-4H3. The maximum Gasteiger partial charge on any atom is 0.291 e. The van der Waals surface area contributed by atoms with Gasteiger partial charge in [0, 0.05) is 37.9 Å². The molecule has 4 heterocycles. The van der Waals surface area contributed by atoms with Crippen LogP contribution in [0.2, 0.25) is 25.7 Å². The van der Waals surface area contributed by atoms with Crippen molar-refractivity contribution in [2.75, 3.05) is 6.61 Å². The molecule has 0 N–H and O–H groups in total. The largest absolute Gasteiger partial charge is 0.360 e. The van der Waals surface area contributed by atoms with Crippen LogP contribution in [0.4, 0.5) is 0 Å². The number of fused-ring (bicyclic) bond motifs is 4. The molecule has 10 heteroatoms. The predicted octanol–water partition coefficient (Wildman–Crippen LogP) is 6.13. The second-order valence-electron chi connectivity index (χ2n) is 12.4. The van der Waals surface area contributed by atoms with Crippen LogP contribution in [0, 0.1) is 0 Å². The Bertz CT molecular complexity index is 1960. The monoisotopic (exact) mass is 582 g/mol. The number of aromatic nitrogens is 6. The molecule has 7 rings (SSSR count). The van der Waals surface area contributed by atoms with Crippen molar-refractivity contribution in [3.63, 3.8) is 0 Å². The lowest BCUT2D eigenvalue weighted by Crippen LogP contribution is -2.24. The normalized spacial score (nSPS) is 14.9. The van der Waals surface area contributed by atoms with E-state index in [1.54, 1.807) is 16.0 Å². The summed E-state index contributed by atoms with van der Waals surface area (Å²) < 4.78 is 12.4. The lowest BCUT2D eigenvalue weighted by atomic mass is 9.97. The van der Waals surface area contributed by atoms with Gasteiger partial charge in [0.2, 0.25) is 0 Å². The summed E-state index contributed by atoms with van der Waals surface area (Å²) in [4.78, 5) is 18.8. The van der Waals surface area contributed by atoms with Crippen LogP contribution in [-0.2, 0) is 30.5 Å². The highest BCUT2D eigenvalue weighted by Gasteiger charge is 2.48. The van der Waals surface area contributed by atoms with Gasteiger partial charge in [-0.05, 0) is 36.1 Å². The molecule has 1 fully saturated rings. The summed E-state index contributed by atoms with van der Waals surface area (Å²) in [7, 11) is 0.797. The number of hydrogen-bond donors (Lipinski definition) is 0. The van der Waals surface area contributed by atoms with Crippen LogP contribution >= 0.6 is 11.3 Å². The molecular formula is C31H34N6O2SSi. The van der Waals surface area contributed by atoms with Crippen molar-refractivity contribution in [1.29, 1.82) is 0 Å². The van der Waals surface area contributed by atoms with Crippen LogP contribution in [0.1, 0.15) is 29.0 Å². The van der Waals surface area contributed by atoms with Crippen molar-refractivity contribution >= 4 is 51.6 Å². The molecule has 2 aromatic carbocycles. The highest BCUT2D eigenvalue weighted by atomic mass is 32.1. The van der Waals surface area contributed by atoms with Gasteiger partial charge < -0.3 is 9.30 Å². The first-order chi connectivity index (χ1) is 19.7. The average Bonchev–Trinajstić information content (AvgIpc) is 3.34. The molecule has 0 saturated heterocycles. The Morgan fingerprint density at radius 3 is 2.49 bits per heavy atom. The SMILES string of the molecule is Cn1c2nc(C3(c4ccccc4)CC3)sc2c2cnn(Cc3cccc4c3cnn4COCC[Si](C)(C)C)c(=O)c21. The molecule has 4 aromatic heterocycles. The zero-order valence-corrected chi connectivity index (χ0v) is 25.7. The molecule has 1 aliphatic carbocycles. The first kappa shape index (κ1) is 26.3. The van der Waals surface area contributed by atoms with Gasteiger partial charge in [0.05, 0.1) is 29.2 Å². The average molecular weight is 583 g/mol. The number of hydrogen-bond acceptors (Lipinski definition) is 6. The van der Waals surface area contributed by atoms with Crippen LogP contribution in [0.5, 0.6) is 0 Å². The molecule has 8 nitrogen and oxygen atoms in total. The van der Waals surface area contributed by atoms with Gasteiger partial charge in [-0.25, -0.2) is 14.3 Å². The zero-order chi connectivity index (χ0) is 28.4. The summed E-state index contributed by atoms with van der Waals surface area (Å²) in [5, 5.41) is 12.2. The Morgan fingerprint density at radius 1 is 0.976 bits per heavy atom. The van der Waals surface area contributed by atoms with Crippen molar-refractivity contribution in [3.8, 4) is 0 Å². The van der Waals surface area contributed by atoms with E-state index in [2.05, 4.69) is 60.2 Å². The number of aryl methyl sites for hydroxylation is 1. The Morgan fingerprint density at radius 2 is 1.73 bits per heavy atom. The number of thiazole rings is 1. The van der Waals surface area contributed by atoms with E-state index in [9.17, 15) is 4.79 Å². The van der Waals surface area contributed by atoms with Gasteiger partial charge in [-0.15, -0.1) is 11.3 Å². The fourth-order valence-corrected chi connectivity index (χ4v) is 7.84. The Labute approximate surface area is 243 Å². The van der Waals surface area contributed by atoms with Crippen molar-refractivity contribution in [3.05, 3.63) is 87.4 Å². The molecular weight excluding hydrogens is 549 g/mol. The number of benzene rings is 2. The van der Waals surface area contributed by atoms with E-state index in [0.717, 1.165) is 62.7 Å². The van der Waals surface area contributed by atoms with Crippen LogP contribution in [0.25, 0.3) is 32.2 Å². The third-order valence-electron chi connectivity index (χ3n) is 8.32. The van der Waals surface area contributed by atoms with E-state index in [4.69, 9.17) is 9.72 Å². The summed E-state index contributed by atoms with van der Waals surface area (Å²) in [5.74, 6) is 0. The van der Waals surface area contributed by atoms with Gasteiger partial charge in [-0.3, -0.25) is 4.79 Å².